The van der Waals surface area contributed by atoms with Crippen LogP contribution in [0.15, 0.2) is 23.1 Å². The monoisotopic (exact) mass is 287 g/mol. The number of hydrogen-bond donors (Lipinski definition) is 2. The van der Waals surface area contributed by atoms with Crippen LogP contribution in [-0.4, -0.2) is 24.0 Å². The lowest BCUT2D eigenvalue weighted by molar-refractivity contribution is 0.252. The van der Waals surface area contributed by atoms with Gasteiger partial charge >= 0.3 is 0 Å². The highest BCUT2D eigenvalue weighted by atomic mass is 32.2. The zero-order valence-electron chi connectivity index (χ0n) is 10.7. The second-order valence-corrected chi connectivity index (χ2v) is 5.78. The van der Waals surface area contributed by atoms with Crippen molar-refractivity contribution in [2.24, 2.45) is 0 Å². The SMILES string of the molecule is OCCCNC1CCCc2cc(SC(F)F)ccc21. The molecule has 0 saturated heterocycles. The fourth-order valence-corrected chi connectivity index (χ4v) is 3.10. The van der Waals surface area contributed by atoms with Crippen LogP contribution in [0.4, 0.5) is 8.78 Å². The highest BCUT2D eigenvalue weighted by Gasteiger charge is 2.20. The van der Waals surface area contributed by atoms with Gasteiger partial charge in [0.15, 0.2) is 0 Å². The Hall–Kier alpha value is -0.650. The summed E-state index contributed by atoms with van der Waals surface area (Å²) < 4.78 is 24.7. The fraction of sp³-hybridized carbons (Fsp3) is 0.571. The van der Waals surface area contributed by atoms with Gasteiger partial charge < -0.3 is 10.4 Å². The van der Waals surface area contributed by atoms with Gasteiger partial charge in [-0.2, -0.15) is 8.78 Å². The Bertz CT molecular complexity index is 414. The summed E-state index contributed by atoms with van der Waals surface area (Å²) in [6, 6.07) is 5.93. The van der Waals surface area contributed by atoms with E-state index < -0.39 is 5.76 Å². The summed E-state index contributed by atoms with van der Waals surface area (Å²) >= 11 is 0.607. The van der Waals surface area contributed by atoms with Gasteiger partial charge in [-0.15, -0.1) is 0 Å². The number of fused-ring (bicyclic) bond motifs is 1. The first-order chi connectivity index (χ1) is 9.20. The van der Waals surface area contributed by atoms with E-state index in [4.69, 9.17) is 5.11 Å². The number of aryl methyl sites for hydroxylation is 1. The van der Waals surface area contributed by atoms with Gasteiger partial charge in [-0.25, -0.2) is 0 Å². The lowest BCUT2D eigenvalue weighted by Gasteiger charge is -2.27. The van der Waals surface area contributed by atoms with E-state index in [1.807, 2.05) is 12.1 Å². The van der Waals surface area contributed by atoms with E-state index in [2.05, 4.69) is 5.32 Å². The van der Waals surface area contributed by atoms with E-state index in [0.717, 1.165) is 32.2 Å². The van der Waals surface area contributed by atoms with Crippen molar-refractivity contribution < 1.29 is 13.9 Å². The normalized spacial score (nSPS) is 18.6. The molecule has 1 aromatic carbocycles. The Morgan fingerprint density at radius 1 is 1.42 bits per heavy atom. The van der Waals surface area contributed by atoms with Gasteiger partial charge in [-0.1, -0.05) is 17.8 Å². The molecule has 0 spiro atoms. The third-order valence-electron chi connectivity index (χ3n) is 3.38. The maximum atomic E-state index is 12.4. The van der Waals surface area contributed by atoms with Crippen LogP contribution in [0.2, 0.25) is 0 Å². The standard InChI is InChI=1S/C14H19F2NOS/c15-14(16)19-11-5-6-12-10(9-11)3-1-4-13(12)17-7-2-8-18/h5-6,9,13-14,17-18H,1-4,7-8H2. The molecular formula is C14H19F2NOS. The zero-order chi connectivity index (χ0) is 13.7. The highest BCUT2D eigenvalue weighted by Crippen LogP contribution is 2.34. The Morgan fingerprint density at radius 3 is 3.00 bits per heavy atom. The number of alkyl halides is 2. The van der Waals surface area contributed by atoms with E-state index in [1.165, 1.54) is 11.1 Å². The second kappa shape index (κ2) is 7.22. The van der Waals surface area contributed by atoms with Crippen LogP contribution in [0, 0.1) is 0 Å². The number of rotatable bonds is 6. The minimum Gasteiger partial charge on any atom is -0.396 e. The molecule has 0 heterocycles. The van der Waals surface area contributed by atoms with Gasteiger partial charge in [0, 0.05) is 17.5 Å². The van der Waals surface area contributed by atoms with Crippen LogP contribution in [0.5, 0.6) is 0 Å². The average molecular weight is 287 g/mol. The first-order valence-corrected chi connectivity index (χ1v) is 7.50. The van der Waals surface area contributed by atoms with Crippen molar-refractivity contribution >= 4 is 11.8 Å². The molecule has 106 valence electrons. The third-order valence-corrected chi connectivity index (χ3v) is 4.08. The molecule has 0 bridgehead atoms. The van der Waals surface area contributed by atoms with Gasteiger partial charge in [-0.05, 0) is 55.5 Å². The van der Waals surface area contributed by atoms with E-state index in [0.29, 0.717) is 22.7 Å². The Kier molecular flexibility index (Phi) is 5.60. The molecular weight excluding hydrogens is 268 g/mol. The summed E-state index contributed by atoms with van der Waals surface area (Å²) in [5.74, 6) is -2.36. The van der Waals surface area contributed by atoms with Gasteiger partial charge in [0.25, 0.3) is 5.76 Å². The van der Waals surface area contributed by atoms with E-state index in [-0.39, 0.29) is 6.61 Å². The van der Waals surface area contributed by atoms with Crippen LogP contribution in [0.1, 0.15) is 36.4 Å². The van der Waals surface area contributed by atoms with Crippen molar-refractivity contribution in [1.82, 2.24) is 5.32 Å². The predicted octanol–water partition coefficient (Wildman–Crippen LogP) is 3.35. The largest absolute Gasteiger partial charge is 0.396 e. The van der Waals surface area contributed by atoms with Crippen LogP contribution < -0.4 is 5.32 Å². The topological polar surface area (TPSA) is 32.3 Å². The summed E-state index contributed by atoms with van der Waals surface area (Å²) in [6.45, 7) is 0.977. The minimum atomic E-state index is -2.36. The maximum absolute atomic E-state index is 12.4. The summed E-state index contributed by atoms with van der Waals surface area (Å²) in [4.78, 5) is 0.643. The minimum absolute atomic E-state index is 0.191. The quantitative estimate of drug-likeness (QED) is 0.621. The van der Waals surface area contributed by atoms with Gasteiger partial charge in [-0.3, -0.25) is 0 Å². The Balaban J connectivity index is 2.07. The van der Waals surface area contributed by atoms with E-state index in [1.54, 1.807) is 6.07 Å². The summed E-state index contributed by atoms with van der Waals surface area (Å²) in [5.41, 5.74) is 2.40. The van der Waals surface area contributed by atoms with Crippen molar-refractivity contribution in [3.05, 3.63) is 29.3 Å². The molecule has 0 saturated carbocycles. The van der Waals surface area contributed by atoms with Crippen molar-refractivity contribution in [1.29, 1.82) is 0 Å². The molecule has 1 aromatic rings. The molecule has 0 radical (unpaired) electrons. The molecule has 0 fully saturated rings. The number of nitrogens with one attached hydrogen (secondary N) is 1. The van der Waals surface area contributed by atoms with Crippen molar-refractivity contribution in [3.63, 3.8) is 0 Å². The van der Waals surface area contributed by atoms with Crippen molar-refractivity contribution in [2.45, 2.75) is 42.4 Å². The number of thioether (sulfide) groups is 1. The van der Waals surface area contributed by atoms with Crippen LogP contribution in [0.25, 0.3) is 0 Å². The molecule has 2 rings (SSSR count). The summed E-state index contributed by atoms with van der Waals surface area (Å²) in [5, 5.41) is 12.2. The summed E-state index contributed by atoms with van der Waals surface area (Å²) in [7, 11) is 0. The Labute approximate surface area is 116 Å². The molecule has 1 aliphatic rings. The molecule has 0 aromatic heterocycles. The smallest absolute Gasteiger partial charge is 0.288 e. The van der Waals surface area contributed by atoms with Gasteiger partial charge in [0.05, 0.1) is 0 Å². The molecule has 2 N–H and O–H groups in total. The second-order valence-electron chi connectivity index (χ2n) is 4.72. The van der Waals surface area contributed by atoms with Gasteiger partial charge in [0.2, 0.25) is 0 Å². The molecule has 2 nitrogen and oxygen atoms in total. The lowest BCUT2D eigenvalue weighted by atomic mass is 9.87. The van der Waals surface area contributed by atoms with Crippen LogP contribution in [0.3, 0.4) is 0 Å². The molecule has 1 aliphatic carbocycles. The third kappa shape index (κ3) is 4.16. The van der Waals surface area contributed by atoms with Crippen molar-refractivity contribution in [2.75, 3.05) is 13.2 Å². The number of hydrogen-bond acceptors (Lipinski definition) is 3. The molecule has 1 atom stereocenters. The molecule has 0 amide bonds. The first kappa shape index (κ1) is 14.8. The average Bonchev–Trinajstić information content (AvgIpc) is 2.38. The molecule has 5 heteroatoms. The Morgan fingerprint density at radius 2 is 2.26 bits per heavy atom. The highest BCUT2D eigenvalue weighted by molar-refractivity contribution is 7.99. The first-order valence-electron chi connectivity index (χ1n) is 6.62. The predicted molar refractivity (Wildman–Crippen MR) is 73.7 cm³/mol. The van der Waals surface area contributed by atoms with E-state index >= 15 is 0 Å². The lowest BCUT2D eigenvalue weighted by Crippen LogP contribution is -2.26. The number of benzene rings is 1. The number of aliphatic hydroxyl groups is 1. The fourth-order valence-electron chi connectivity index (χ4n) is 2.53. The molecule has 1 unspecified atom stereocenters. The van der Waals surface area contributed by atoms with Crippen molar-refractivity contribution in [3.8, 4) is 0 Å². The van der Waals surface area contributed by atoms with Gasteiger partial charge in [0.1, 0.15) is 0 Å². The maximum Gasteiger partial charge on any atom is 0.288 e. The zero-order valence-corrected chi connectivity index (χ0v) is 11.6. The van der Waals surface area contributed by atoms with E-state index in [9.17, 15) is 8.78 Å². The number of halogens is 2. The molecule has 0 aliphatic heterocycles. The number of aliphatic hydroxyl groups excluding tert-OH is 1. The molecule has 19 heavy (non-hydrogen) atoms. The van der Waals surface area contributed by atoms with Crippen LogP contribution in [-0.2, 0) is 6.42 Å². The summed E-state index contributed by atoms with van der Waals surface area (Å²) in [6.07, 6.45) is 3.85. The van der Waals surface area contributed by atoms with Crippen LogP contribution >= 0.6 is 11.8 Å².